The van der Waals surface area contributed by atoms with E-state index in [1.165, 1.54) is 14.2 Å². The molecule has 0 saturated carbocycles. The number of benzene rings is 1. The third-order valence-electron chi connectivity index (χ3n) is 3.59. The number of hydrogen-bond donors (Lipinski definition) is 2. The van der Waals surface area contributed by atoms with Crippen LogP contribution in [0.3, 0.4) is 0 Å². The summed E-state index contributed by atoms with van der Waals surface area (Å²) in [7, 11) is 2.99. The molecule has 2 rings (SSSR count). The van der Waals surface area contributed by atoms with Gasteiger partial charge in [-0.15, -0.1) is 0 Å². The Kier molecular flexibility index (Phi) is 6.10. The number of rotatable bonds is 6. The second kappa shape index (κ2) is 7.84. The summed E-state index contributed by atoms with van der Waals surface area (Å²) in [6.45, 7) is 0.0136. The maximum Gasteiger partial charge on any atom is 0.186 e. The highest BCUT2D eigenvalue weighted by Gasteiger charge is 2.46. The number of aliphatic hydroxyl groups excluding tert-OH is 2. The van der Waals surface area contributed by atoms with Crippen LogP contribution in [-0.2, 0) is 25.6 Å². The Balaban J connectivity index is 2.08. The molecule has 1 heterocycles. The minimum Gasteiger partial charge on any atom is -0.394 e. The van der Waals surface area contributed by atoms with Crippen LogP contribution in [0, 0.1) is 0 Å². The summed E-state index contributed by atoms with van der Waals surface area (Å²) in [6, 6.07) is 9.63. The molecule has 1 saturated heterocycles. The monoisotopic (exact) mass is 298 g/mol. The van der Waals surface area contributed by atoms with Gasteiger partial charge in [0.1, 0.15) is 24.4 Å². The first-order valence-corrected chi connectivity index (χ1v) is 6.86. The van der Waals surface area contributed by atoms with Gasteiger partial charge in [-0.2, -0.15) is 0 Å². The molecule has 21 heavy (non-hydrogen) atoms. The van der Waals surface area contributed by atoms with E-state index in [9.17, 15) is 10.2 Å². The summed E-state index contributed by atoms with van der Waals surface area (Å²) in [5, 5.41) is 19.6. The van der Waals surface area contributed by atoms with Crippen LogP contribution in [0.4, 0.5) is 0 Å². The fourth-order valence-corrected chi connectivity index (χ4v) is 2.44. The molecular weight excluding hydrogens is 276 g/mol. The Morgan fingerprint density at radius 1 is 1.10 bits per heavy atom. The molecule has 1 aliphatic rings. The van der Waals surface area contributed by atoms with E-state index in [-0.39, 0.29) is 6.61 Å². The Hall–Kier alpha value is -1.02. The molecule has 0 bridgehead atoms. The van der Waals surface area contributed by atoms with Gasteiger partial charge in [-0.25, -0.2) is 0 Å². The van der Waals surface area contributed by atoms with Crippen molar-refractivity contribution in [2.45, 2.75) is 37.3 Å². The second-order valence-corrected chi connectivity index (χ2v) is 4.91. The van der Waals surface area contributed by atoms with Crippen LogP contribution in [0.1, 0.15) is 5.56 Å². The molecule has 1 aromatic carbocycles. The van der Waals surface area contributed by atoms with Crippen LogP contribution in [0.25, 0.3) is 0 Å². The first-order valence-electron chi connectivity index (χ1n) is 6.86. The van der Waals surface area contributed by atoms with Crippen molar-refractivity contribution in [3.05, 3.63) is 35.9 Å². The highest BCUT2D eigenvalue weighted by Crippen LogP contribution is 2.26. The molecule has 0 aliphatic carbocycles. The Morgan fingerprint density at radius 2 is 1.81 bits per heavy atom. The SMILES string of the molecule is CO[C@H]1O[C@H](CO)[C@@H](O)[C@@H](OCc2ccccc2)[C@H]1OC. The van der Waals surface area contributed by atoms with Crippen molar-refractivity contribution in [2.24, 2.45) is 0 Å². The van der Waals surface area contributed by atoms with E-state index >= 15 is 0 Å². The number of ether oxygens (including phenoxy) is 4. The van der Waals surface area contributed by atoms with E-state index < -0.39 is 30.7 Å². The minimum absolute atomic E-state index is 0.317. The van der Waals surface area contributed by atoms with Crippen molar-refractivity contribution < 1.29 is 29.2 Å². The normalized spacial score (nSPS) is 33.0. The molecule has 2 N–H and O–H groups in total. The molecule has 1 aliphatic heterocycles. The first-order chi connectivity index (χ1) is 10.2. The predicted molar refractivity (Wildman–Crippen MR) is 74.6 cm³/mol. The highest BCUT2D eigenvalue weighted by molar-refractivity contribution is 5.13. The van der Waals surface area contributed by atoms with E-state index in [1.54, 1.807) is 0 Å². The molecule has 5 atom stereocenters. The zero-order valence-corrected chi connectivity index (χ0v) is 12.2. The maximum absolute atomic E-state index is 10.3. The first kappa shape index (κ1) is 16.4. The summed E-state index contributed by atoms with van der Waals surface area (Å²) in [6.07, 6.45) is -3.67. The van der Waals surface area contributed by atoms with Crippen molar-refractivity contribution in [1.29, 1.82) is 0 Å². The second-order valence-electron chi connectivity index (χ2n) is 4.91. The topological polar surface area (TPSA) is 77.4 Å². The average molecular weight is 298 g/mol. The molecule has 6 nitrogen and oxygen atoms in total. The summed E-state index contributed by atoms with van der Waals surface area (Å²) in [5.74, 6) is 0. The Labute approximate surface area is 124 Å². The molecule has 0 amide bonds. The smallest absolute Gasteiger partial charge is 0.186 e. The van der Waals surface area contributed by atoms with Gasteiger partial charge in [0.25, 0.3) is 0 Å². The molecular formula is C15H22O6. The lowest BCUT2D eigenvalue weighted by atomic mass is 9.98. The van der Waals surface area contributed by atoms with E-state index in [1.807, 2.05) is 30.3 Å². The Morgan fingerprint density at radius 3 is 2.38 bits per heavy atom. The molecule has 1 aromatic rings. The zero-order chi connectivity index (χ0) is 15.2. The van der Waals surface area contributed by atoms with Gasteiger partial charge in [0.2, 0.25) is 0 Å². The summed E-state index contributed by atoms with van der Waals surface area (Å²) < 4.78 is 21.8. The van der Waals surface area contributed by atoms with Gasteiger partial charge in [-0.1, -0.05) is 30.3 Å². The van der Waals surface area contributed by atoms with Gasteiger partial charge in [-0.05, 0) is 5.56 Å². The number of aliphatic hydroxyl groups is 2. The predicted octanol–water partition coefficient (Wildman–Crippen LogP) is 0.311. The molecule has 0 aromatic heterocycles. The minimum atomic E-state index is -0.991. The summed E-state index contributed by atoms with van der Waals surface area (Å²) >= 11 is 0. The van der Waals surface area contributed by atoms with Gasteiger partial charge in [0.15, 0.2) is 6.29 Å². The van der Waals surface area contributed by atoms with Gasteiger partial charge in [-0.3, -0.25) is 0 Å². The third kappa shape index (κ3) is 3.79. The van der Waals surface area contributed by atoms with Crippen LogP contribution in [0.2, 0.25) is 0 Å². The average Bonchev–Trinajstić information content (AvgIpc) is 2.54. The van der Waals surface area contributed by atoms with Crippen LogP contribution in [-0.4, -0.2) is 61.7 Å². The van der Waals surface area contributed by atoms with Crippen LogP contribution in [0.5, 0.6) is 0 Å². The van der Waals surface area contributed by atoms with Gasteiger partial charge in [0.05, 0.1) is 13.2 Å². The zero-order valence-electron chi connectivity index (χ0n) is 12.2. The number of methoxy groups -OCH3 is 2. The molecule has 0 unspecified atom stereocenters. The third-order valence-corrected chi connectivity index (χ3v) is 3.59. The van der Waals surface area contributed by atoms with E-state index in [4.69, 9.17) is 18.9 Å². The van der Waals surface area contributed by atoms with E-state index in [0.29, 0.717) is 6.61 Å². The van der Waals surface area contributed by atoms with Crippen LogP contribution < -0.4 is 0 Å². The van der Waals surface area contributed by atoms with Crippen molar-refractivity contribution in [1.82, 2.24) is 0 Å². The van der Waals surface area contributed by atoms with E-state index in [0.717, 1.165) is 5.56 Å². The molecule has 118 valence electrons. The maximum atomic E-state index is 10.3. The lowest BCUT2D eigenvalue weighted by Crippen LogP contribution is -2.60. The van der Waals surface area contributed by atoms with Crippen molar-refractivity contribution in [3.63, 3.8) is 0 Å². The lowest BCUT2D eigenvalue weighted by molar-refractivity contribution is -0.307. The summed E-state index contributed by atoms with van der Waals surface area (Å²) in [5.41, 5.74) is 0.987. The fourth-order valence-electron chi connectivity index (χ4n) is 2.44. The van der Waals surface area contributed by atoms with Gasteiger partial charge >= 0.3 is 0 Å². The van der Waals surface area contributed by atoms with E-state index in [2.05, 4.69) is 0 Å². The Bertz CT molecular complexity index is 412. The largest absolute Gasteiger partial charge is 0.394 e. The molecule has 1 fully saturated rings. The van der Waals surface area contributed by atoms with Gasteiger partial charge in [0, 0.05) is 14.2 Å². The van der Waals surface area contributed by atoms with Crippen molar-refractivity contribution >= 4 is 0 Å². The number of hydrogen-bond acceptors (Lipinski definition) is 6. The van der Waals surface area contributed by atoms with Crippen molar-refractivity contribution in [2.75, 3.05) is 20.8 Å². The van der Waals surface area contributed by atoms with Crippen LogP contribution >= 0.6 is 0 Å². The highest BCUT2D eigenvalue weighted by atomic mass is 16.7. The van der Waals surface area contributed by atoms with Crippen LogP contribution in [0.15, 0.2) is 30.3 Å². The van der Waals surface area contributed by atoms with Crippen molar-refractivity contribution in [3.8, 4) is 0 Å². The fraction of sp³-hybridized carbons (Fsp3) is 0.600. The quantitative estimate of drug-likeness (QED) is 0.787. The lowest BCUT2D eigenvalue weighted by Gasteiger charge is -2.42. The molecule has 6 heteroatoms. The molecule has 0 spiro atoms. The molecule has 0 radical (unpaired) electrons. The van der Waals surface area contributed by atoms with Gasteiger partial charge < -0.3 is 29.2 Å². The summed E-state index contributed by atoms with van der Waals surface area (Å²) in [4.78, 5) is 0. The standard InChI is InChI=1S/C15H22O6/c1-18-14-13(20-9-10-6-4-3-5-7-10)12(17)11(8-16)21-15(14)19-2/h3-7,11-17H,8-9H2,1-2H3/t11-,12-,13-,14-,15+/m1/s1.